The first-order chi connectivity index (χ1) is 4.87. The van der Waals surface area contributed by atoms with E-state index in [2.05, 4.69) is 0 Å². The second-order valence-electron chi connectivity index (χ2n) is 3.37. The summed E-state index contributed by atoms with van der Waals surface area (Å²) in [6.45, 7) is 5.19. The van der Waals surface area contributed by atoms with Gasteiger partial charge in [0.1, 0.15) is 6.10 Å². The first-order valence-corrected chi connectivity index (χ1v) is 6.92. The predicted octanol–water partition coefficient (Wildman–Crippen LogP) is -0.490. The zero-order valence-corrected chi connectivity index (χ0v) is 8.11. The van der Waals surface area contributed by atoms with E-state index in [4.69, 9.17) is 19.7 Å². The van der Waals surface area contributed by atoms with Gasteiger partial charge in [-0.3, -0.25) is 0 Å². The summed E-state index contributed by atoms with van der Waals surface area (Å²) in [5.74, 6) is 0. The van der Waals surface area contributed by atoms with Crippen LogP contribution < -0.4 is 0 Å². The lowest BCUT2D eigenvalue weighted by atomic mass is 10.4. The van der Waals surface area contributed by atoms with Gasteiger partial charge in [-0.2, -0.15) is 0 Å². The number of hydrogen-bond acceptors (Lipinski definition) is 4. The fourth-order valence-corrected chi connectivity index (χ4v) is 1.41. The summed E-state index contributed by atoms with van der Waals surface area (Å²) < 4.78 is 5.07. The van der Waals surface area contributed by atoms with Gasteiger partial charge in [-0.05, 0) is 19.6 Å². The van der Waals surface area contributed by atoms with E-state index in [0.717, 1.165) is 0 Å². The van der Waals surface area contributed by atoms with Gasteiger partial charge in [-0.1, -0.05) is 0 Å². The standard InChI is InChI=1S/C6H16O4Si/c1-11(2,3)10-6(9)5(8)4-7/h5-9H,4H2,1-3H3. The molecule has 0 fully saturated rings. The molecule has 4 nitrogen and oxygen atoms in total. The quantitative estimate of drug-likeness (QED) is 0.403. The van der Waals surface area contributed by atoms with Crippen LogP contribution in [-0.4, -0.2) is 42.6 Å². The van der Waals surface area contributed by atoms with E-state index in [-0.39, 0.29) is 0 Å². The molecule has 0 bridgehead atoms. The molecule has 0 amide bonds. The SMILES string of the molecule is C[Si](C)(C)OC(O)C(O)CO. The van der Waals surface area contributed by atoms with Crippen molar-refractivity contribution in [2.24, 2.45) is 0 Å². The van der Waals surface area contributed by atoms with Gasteiger partial charge in [0.2, 0.25) is 0 Å². The van der Waals surface area contributed by atoms with Crippen molar-refractivity contribution < 1.29 is 19.7 Å². The highest BCUT2D eigenvalue weighted by atomic mass is 28.4. The second-order valence-corrected chi connectivity index (χ2v) is 7.83. The molecule has 0 aliphatic carbocycles. The highest BCUT2D eigenvalue weighted by molar-refractivity contribution is 6.69. The number of hydrogen-bond donors (Lipinski definition) is 3. The lowest BCUT2D eigenvalue weighted by Gasteiger charge is -2.24. The fourth-order valence-electron chi connectivity index (χ4n) is 0.531. The maximum atomic E-state index is 9.06. The minimum absolute atomic E-state index is 0.481. The van der Waals surface area contributed by atoms with Crippen molar-refractivity contribution in [1.82, 2.24) is 0 Å². The van der Waals surface area contributed by atoms with Crippen molar-refractivity contribution in [3.8, 4) is 0 Å². The van der Waals surface area contributed by atoms with Crippen LogP contribution in [0.4, 0.5) is 0 Å². The second kappa shape index (κ2) is 4.17. The smallest absolute Gasteiger partial charge is 0.187 e. The van der Waals surface area contributed by atoms with Gasteiger partial charge in [0.25, 0.3) is 0 Å². The van der Waals surface area contributed by atoms with Crippen LogP contribution in [0.15, 0.2) is 0 Å². The molecule has 0 aliphatic heterocycles. The van der Waals surface area contributed by atoms with E-state index in [9.17, 15) is 0 Å². The van der Waals surface area contributed by atoms with Crippen molar-refractivity contribution >= 4 is 8.32 Å². The Kier molecular flexibility index (Phi) is 4.20. The Balaban J connectivity index is 3.77. The van der Waals surface area contributed by atoms with Gasteiger partial charge in [-0.25, -0.2) is 0 Å². The highest BCUT2D eigenvalue weighted by Gasteiger charge is 2.24. The van der Waals surface area contributed by atoms with Crippen LogP contribution in [0.5, 0.6) is 0 Å². The van der Waals surface area contributed by atoms with Crippen LogP contribution in [0.1, 0.15) is 0 Å². The Morgan fingerprint density at radius 2 is 1.73 bits per heavy atom. The minimum atomic E-state index is -1.82. The molecule has 0 heterocycles. The lowest BCUT2D eigenvalue weighted by molar-refractivity contribution is -0.123. The molecule has 2 atom stereocenters. The normalized spacial score (nSPS) is 18.0. The molecule has 0 rings (SSSR count). The van der Waals surface area contributed by atoms with Crippen molar-refractivity contribution in [3.05, 3.63) is 0 Å². The molecular formula is C6H16O4Si. The molecule has 0 aromatic heterocycles. The van der Waals surface area contributed by atoms with Crippen LogP contribution in [-0.2, 0) is 4.43 Å². The Hall–Kier alpha value is 0.0569. The van der Waals surface area contributed by atoms with Crippen LogP contribution in [0.2, 0.25) is 19.6 Å². The molecule has 3 N–H and O–H groups in total. The van der Waals surface area contributed by atoms with E-state index in [1.165, 1.54) is 0 Å². The average Bonchev–Trinajstić information content (AvgIpc) is 1.82. The summed E-state index contributed by atoms with van der Waals surface area (Å²) in [4.78, 5) is 0. The Labute approximate surface area is 67.6 Å². The molecule has 5 heteroatoms. The fraction of sp³-hybridized carbons (Fsp3) is 1.00. The van der Waals surface area contributed by atoms with Crippen LogP contribution in [0, 0.1) is 0 Å². The zero-order valence-electron chi connectivity index (χ0n) is 7.11. The van der Waals surface area contributed by atoms with E-state index in [0.29, 0.717) is 0 Å². The lowest BCUT2D eigenvalue weighted by Crippen LogP contribution is -2.40. The van der Waals surface area contributed by atoms with Gasteiger partial charge in [0.15, 0.2) is 14.6 Å². The molecule has 0 radical (unpaired) electrons. The number of rotatable bonds is 4. The van der Waals surface area contributed by atoms with Crippen LogP contribution in [0.3, 0.4) is 0 Å². The van der Waals surface area contributed by atoms with E-state index >= 15 is 0 Å². The Bertz CT molecular complexity index is 112. The third-order valence-electron chi connectivity index (χ3n) is 0.991. The van der Waals surface area contributed by atoms with Crippen LogP contribution >= 0.6 is 0 Å². The number of aliphatic hydroxyl groups is 3. The summed E-state index contributed by atoms with van der Waals surface area (Å²) in [5, 5.41) is 26.4. The molecule has 0 saturated carbocycles. The molecule has 0 aliphatic rings. The molecule has 0 aromatic rings. The molecule has 0 saturated heterocycles. The van der Waals surface area contributed by atoms with Gasteiger partial charge >= 0.3 is 0 Å². The first kappa shape index (κ1) is 11.1. The summed E-state index contributed by atoms with van der Waals surface area (Å²) in [6.07, 6.45) is -2.45. The predicted molar refractivity (Wildman–Crippen MR) is 43.5 cm³/mol. The third-order valence-corrected chi connectivity index (χ3v) is 1.94. The molecule has 68 valence electrons. The van der Waals surface area contributed by atoms with Gasteiger partial charge < -0.3 is 19.7 Å². The summed E-state index contributed by atoms with van der Waals surface area (Å²) >= 11 is 0. The van der Waals surface area contributed by atoms with Crippen molar-refractivity contribution in [2.75, 3.05) is 6.61 Å². The monoisotopic (exact) mass is 180 g/mol. The van der Waals surface area contributed by atoms with Gasteiger partial charge in [-0.15, -0.1) is 0 Å². The summed E-state index contributed by atoms with van der Waals surface area (Å²) in [5.41, 5.74) is 0. The highest BCUT2D eigenvalue weighted by Crippen LogP contribution is 2.07. The Morgan fingerprint density at radius 1 is 1.27 bits per heavy atom. The maximum absolute atomic E-state index is 9.06. The van der Waals surface area contributed by atoms with Gasteiger partial charge in [0.05, 0.1) is 6.61 Å². The van der Waals surface area contributed by atoms with Gasteiger partial charge in [0, 0.05) is 0 Å². The molecular weight excluding hydrogens is 164 g/mol. The number of aliphatic hydroxyl groups excluding tert-OH is 3. The maximum Gasteiger partial charge on any atom is 0.187 e. The minimum Gasteiger partial charge on any atom is -0.393 e. The molecule has 0 aromatic carbocycles. The van der Waals surface area contributed by atoms with Crippen molar-refractivity contribution in [3.63, 3.8) is 0 Å². The van der Waals surface area contributed by atoms with E-state index in [1.807, 2.05) is 19.6 Å². The average molecular weight is 180 g/mol. The Morgan fingerprint density at radius 3 is 2.00 bits per heavy atom. The third kappa shape index (κ3) is 5.34. The van der Waals surface area contributed by atoms with E-state index < -0.39 is 27.3 Å². The first-order valence-electron chi connectivity index (χ1n) is 3.51. The molecule has 0 spiro atoms. The summed E-state index contributed by atoms with van der Waals surface area (Å²) in [6, 6.07) is 0. The largest absolute Gasteiger partial charge is 0.393 e. The van der Waals surface area contributed by atoms with Crippen molar-refractivity contribution in [1.29, 1.82) is 0 Å². The van der Waals surface area contributed by atoms with Crippen LogP contribution in [0.25, 0.3) is 0 Å². The molecule has 2 unspecified atom stereocenters. The molecule has 11 heavy (non-hydrogen) atoms. The van der Waals surface area contributed by atoms with E-state index in [1.54, 1.807) is 0 Å². The summed E-state index contributed by atoms with van der Waals surface area (Å²) in [7, 11) is -1.82. The zero-order chi connectivity index (χ0) is 9.07. The topological polar surface area (TPSA) is 69.9 Å². The van der Waals surface area contributed by atoms with Crippen molar-refractivity contribution in [2.45, 2.75) is 32.0 Å².